The summed E-state index contributed by atoms with van der Waals surface area (Å²) in [4.78, 5) is 10.6. The highest BCUT2D eigenvalue weighted by molar-refractivity contribution is 6.32. The van der Waals surface area contributed by atoms with Crippen molar-refractivity contribution in [1.29, 1.82) is 0 Å². The minimum atomic E-state index is 0.375. The minimum Gasteiger partial charge on any atom is -0.467 e. The maximum atomic E-state index is 6.19. The molecule has 1 spiro atoms. The summed E-state index contributed by atoms with van der Waals surface area (Å²) in [5.41, 5.74) is 0.404. The third kappa shape index (κ3) is 2.01. The van der Waals surface area contributed by atoms with Crippen LogP contribution in [0.5, 0.6) is 6.01 Å². The third-order valence-corrected chi connectivity index (χ3v) is 4.22. The van der Waals surface area contributed by atoms with Gasteiger partial charge in [0.1, 0.15) is 5.02 Å². The van der Waals surface area contributed by atoms with Gasteiger partial charge in [-0.05, 0) is 19.4 Å². The Balaban J connectivity index is 1.83. The first kappa shape index (κ1) is 12.0. The summed E-state index contributed by atoms with van der Waals surface area (Å²) >= 11 is 6.19. The fourth-order valence-electron chi connectivity index (χ4n) is 2.92. The topological polar surface area (TPSA) is 50.3 Å². The van der Waals surface area contributed by atoms with Crippen LogP contribution in [0.3, 0.4) is 0 Å². The number of aromatic nitrogens is 2. The molecule has 18 heavy (non-hydrogen) atoms. The number of nitrogens with zero attached hydrogens (tertiary/aromatic N) is 3. The van der Waals surface area contributed by atoms with E-state index in [-0.39, 0.29) is 0 Å². The molecule has 0 bridgehead atoms. The van der Waals surface area contributed by atoms with Gasteiger partial charge in [0.25, 0.3) is 0 Å². The normalized spacial score (nSPS) is 27.1. The van der Waals surface area contributed by atoms with Gasteiger partial charge in [0.05, 0.1) is 13.3 Å². The third-order valence-electron chi connectivity index (χ3n) is 3.96. The highest BCUT2D eigenvalue weighted by atomic mass is 35.5. The summed E-state index contributed by atoms with van der Waals surface area (Å²) in [5.74, 6) is 0.798. The smallest absolute Gasteiger partial charge is 0.318 e. The zero-order chi connectivity index (χ0) is 12.6. The van der Waals surface area contributed by atoms with Crippen LogP contribution in [0.15, 0.2) is 6.20 Å². The van der Waals surface area contributed by atoms with Crippen molar-refractivity contribution in [2.45, 2.75) is 12.8 Å². The van der Waals surface area contributed by atoms with E-state index in [1.807, 2.05) is 0 Å². The highest BCUT2D eigenvalue weighted by Crippen LogP contribution is 2.39. The summed E-state index contributed by atoms with van der Waals surface area (Å²) in [6, 6.07) is 0.375. The molecule has 1 atom stereocenters. The van der Waals surface area contributed by atoms with E-state index in [4.69, 9.17) is 16.3 Å². The largest absolute Gasteiger partial charge is 0.467 e. The lowest BCUT2D eigenvalue weighted by atomic mass is 9.87. The van der Waals surface area contributed by atoms with Crippen LogP contribution in [0.2, 0.25) is 5.02 Å². The predicted molar refractivity (Wildman–Crippen MR) is 70.3 cm³/mol. The number of halogens is 1. The molecular weight excluding hydrogens is 252 g/mol. The molecule has 5 nitrogen and oxygen atoms in total. The van der Waals surface area contributed by atoms with Crippen molar-refractivity contribution in [2.75, 3.05) is 38.2 Å². The summed E-state index contributed by atoms with van der Waals surface area (Å²) in [5, 5.41) is 4.04. The lowest BCUT2D eigenvalue weighted by Gasteiger charge is -2.23. The Kier molecular flexibility index (Phi) is 3.03. The van der Waals surface area contributed by atoms with Crippen LogP contribution in [0.4, 0.5) is 5.82 Å². The van der Waals surface area contributed by atoms with Gasteiger partial charge in [-0.2, -0.15) is 4.98 Å². The van der Waals surface area contributed by atoms with Gasteiger partial charge < -0.3 is 15.0 Å². The second-order valence-corrected chi connectivity index (χ2v) is 5.53. The molecule has 1 N–H and O–H groups in total. The molecule has 0 aliphatic carbocycles. The van der Waals surface area contributed by atoms with Gasteiger partial charge in [0.2, 0.25) is 0 Å². The van der Waals surface area contributed by atoms with Gasteiger partial charge in [-0.1, -0.05) is 11.6 Å². The van der Waals surface area contributed by atoms with E-state index in [9.17, 15) is 0 Å². The average molecular weight is 269 g/mol. The quantitative estimate of drug-likeness (QED) is 0.877. The maximum absolute atomic E-state index is 6.19. The Morgan fingerprint density at radius 2 is 2.39 bits per heavy atom. The number of hydrogen-bond acceptors (Lipinski definition) is 5. The van der Waals surface area contributed by atoms with Crippen LogP contribution in [0.25, 0.3) is 0 Å². The molecule has 0 saturated carbocycles. The van der Waals surface area contributed by atoms with Crippen molar-refractivity contribution in [2.24, 2.45) is 5.41 Å². The van der Waals surface area contributed by atoms with Crippen LogP contribution in [-0.2, 0) is 0 Å². The molecule has 2 aliphatic rings. The molecule has 2 saturated heterocycles. The van der Waals surface area contributed by atoms with Gasteiger partial charge in [0, 0.05) is 25.0 Å². The van der Waals surface area contributed by atoms with E-state index < -0.39 is 0 Å². The first-order valence-electron chi connectivity index (χ1n) is 6.25. The Labute approximate surface area is 112 Å². The van der Waals surface area contributed by atoms with Crippen LogP contribution in [0.1, 0.15) is 12.8 Å². The van der Waals surface area contributed by atoms with Gasteiger partial charge in [0.15, 0.2) is 5.82 Å². The SMILES string of the molecule is COc1ncc(Cl)c(N2CCC3(CCNC3)C2)n1. The molecule has 1 aromatic rings. The minimum absolute atomic E-state index is 0.375. The fraction of sp³-hybridized carbons (Fsp3) is 0.667. The number of anilines is 1. The highest BCUT2D eigenvalue weighted by Gasteiger charge is 2.41. The van der Waals surface area contributed by atoms with Crippen molar-refractivity contribution in [3.05, 3.63) is 11.2 Å². The first-order chi connectivity index (χ1) is 8.72. The molecule has 0 aromatic carbocycles. The molecular formula is C12H17ClN4O. The lowest BCUT2D eigenvalue weighted by Crippen LogP contribution is -2.29. The van der Waals surface area contributed by atoms with Crippen molar-refractivity contribution >= 4 is 17.4 Å². The molecule has 98 valence electrons. The monoisotopic (exact) mass is 268 g/mol. The maximum Gasteiger partial charge on any atom is 0.318 e. The molecule has 1 unspecified atom stereocenters. The molecule has 2 aliphatic heterocycles. The zero-order valence-electron chi connectivity index (χ0n) is 10.4. The Morgan fingerprint density at radius 3 is 3.11 bits per heavy atom. The van der Waals surface area contributed by atoms with Gasteiger partial charge >= 0.3 is 6.01 Å². The summed E-state index contributed by atoms with van der Waals surface area (Å²) in [6.07, 6.45) is 4.05. The van der Waals surface area contributed by atoms with Gasteiger partial charge in [-0.15, -0.1) is 0 Å². The Morgan fingerprint density at radius 1 is 1.50 bits per heavy atom. The molecule has 0 radical (unpaired) electrons. The molecule has 3 heterocycles. The zero-order valence-corrected chi connectivity index (χ0v) is 11.2. The van der Waals surface area contributed by atoms with E-state index in [1.165, 1.54) is 12.8 Å². The van der Waals surface area contributed by atoms with E-state index in [0.29, 0.717) is 16.4 Å². The number of hydrogen-bond donors (Lipinski definition) is 1. The van der Waals surface area contributed by atoms with Crippen LogP contribution < -0.4 is 15.0 Å². The Bertz CT molecular complexity index is 448. The molecule has 0 amide bonds. The van der Waals surface area contributed by atoms with Crippen LogP contribution >= 0.6 is 11.6 Å². The summed E-state index contributed by atoms with van der Waals surface area (Å²) in [6.45, 7) is 4.24. The first-order valence-corrected chi connectivity index (χ1v) is 6.62. The molecule has 2 fully saturated rings. The Hall–Kier alpha value is -1.07. The summed E-state index contributed by atoms with van der Waals surface area (Å²) in [7, 11) is 1.57. The predicted octanol–water partition coefficient (Wildman–Crippen LogP) is 1.33. The van der Waals surface area contributed by atoms with E-state index >= 15 is 0 Å². The fourth-order valence-corrected chi connectivity index (χ4v) is 3.13. The van der Waals surface area contributed by atoms with Gasteiger partial charge in [-0.25, -0.2) is 4.98 Å². The number of nitrogens with one attached hydrogen (secondary N) is 1. The number of ether oxygens (including phenoxy) is 1. The molecule has 1 aromatic heterocycles. The van der Waals surface area contributed by atoms with Crippen molar-refractivity contribution in [3.63, 3.8) is 0 Å². The van der Waals surface area contributed by atoms with Crippen LogP contribution in [-0.4, -0.2) is 43.3 Å². The summed E-state index contributed by atoms with van der Waals surface area (Å²) < 4.78 is 5.07. The second-order valence-electron chi connectivity index (χ2n) is 5.13. The van der Waals surface area contributed by atoms with E-state index in [2.05, 4.69) is 20.2 Å². The molecule has 6 heteroatoms. The van der Waals surface area contributed by atoms with E-state index in [1.54, 1.807) is 13.3 Å². The van der Waals surface area contributed by atoms with Crippen molar-refractivity contribution in [1.82, 2.24) is 15.3 Å². The van der Waals surface area contributed by atoms with E-state index in [0.717, 1.165) is 32.0 Å². The average Bonchev–Trinajstić information content (AvgIpc) is 3.01. The number of rotatable bonds is 2. The molecule has 3 rings (SSSR count). The lowest BCUT2D eigenvalue weighted by molar-refractivity contribution is 0.368. The van der Waals surface area contributed by atoms with Gasteiger partial charge in [-0.3, -0.25) is 0 Å². The van der Waals surface area contributed by atoms with Crippen molar-refractivity contribution in [3.8, 4) is 6.01 Å². The standard InChI is InChI=1S/C12H17ClN4O/c1-18-11-15-6-9(13)10(16-11)17-5-3-12(8-17)2-4-14-7-12/h6,14H,2-5,7-8H2,1H3. The second kappa shape index (κ2) is 4.55. The number of methoxy groups -OCH3 is 1. The van der Waals surface area contributed by atoms with Crippen LogP contribution in [0, 0.1) is 5.41 Å². The van der Waals surface area contributed by atoms with Crippen molar-refractivity contribution < 1.29 is 4.74 Å².